The zero-order chi connectivity index (χ0) is 36.5. The van der Waals surface area contributed by atoms with Crippen molar-refractivity contribution in [1.29, 1.82) is 0 Å². The smallest absolute Gasteiger partial charge is 0.0540 e. The molecule has 0 aromatic heterocycles. The Bertz CT molecular complexity index is 3240. The van der Waals surface area contributed by atoms with Crippen LogP contribution in [0, 0.1) is 6.92 Å². The normalized spacial score (nSPS) is 11.7. The van der Waals surface area contributed by atoms with Crippen LogP contribution in [-0.2, 0) is 0 Å². The van der Waals surface area contributed by atoms with Gasteiger partial charge in [-0.2, -0.15) is 0 Å². The first kappa shape index (κ1) is 31.4. The van der Waals surface area contributed by atoms with E-state index < -0.39 is 0 Å². The van der Waals surface area contributed by atoms with Gasteiger partial charge in [0.05, 0.1) is 5.69 Å². The Morgan fingerprint density at radius 2 is 0.964 bits per heavy atom. The van der Waals surface area contributed by atoms with E-state index >= 15 is 0 Å². The maximum absolute atomic E-state index is 3.82. The second-order valence-corrected chi connectivity index (χ2v) is 14.7. The van der Waals surface area contributed by atoms with E-state index in [2.05, 4.69) is 211 Å². The summed E-state index contributed by atoms with van der Waals surface area (Å²) in [5.74, 6) is 0. The lowest BCUT2D eigenvalue weighted by Crippen LogP contribution is -2.10. The number of aryl methyl sites for hydroxylation is 1. The molecule has 11 aromatic carbocycles. The number of anilines is 5. The summed E-state index contributed by atoms with van der Waals surface area (Å²) in [5.41, 5.74) is 9.38. The molecule has 55 heavy (non-hydrogen) atoms. The van der Waals surface area contributed by atoms with Crippen molar-refractivity contribution in [1.82, 2.24) is 0 Å². The Kier molecular flexibility index (Phi) is 7.11. The SMILES string of the molecule is Cc1cc(-c2ccc(N(c3ccc4ccccc4c3)c3cccc4ccccc34)cc2)c2ccc3ccc(Nc4cccc5ccccc45)c4ccc1c2c34. The molecular weight excluding hydrogens is 665 g/mol. The number of nitrogens with one attached hydrogen (secondary N) is 1. The minimum Gasteiger partial charge on any atom is -0.355 e. The first-order valence-corrected chi connectivity index (χ1v) is 19.0. The molecule has 0 atom stereocenters. The van der Waals surface area contributed by atoms with E-state index in [1.54, 1.807) is 0 Å². The summed E-state index contributed by atoms with van der Waals surface area (Å²) in [6, 6.07) is 70.9. The van der Waals surface area contributed by atoms with Crippen molar-refractivity contribution >= 4 is 93.1 Å². The molecular formula is C53H36N2. The lowest BCUT2D eigenvalue weighted by atomic mass is 9.87. The second-order valence-electron chi connectivity index (χ2n) is 14.7. The molecule has 0 fully saturated rings. The predicted octanol–water partition coefficient (Wildman–Crippen LogP) is 15.2. The largest absolute Gasteiger partial charge is 0.355 e. The topological polar surface area (TPSA) is 15.3 Å². The lowest BCUT2D eigenvalue weighted by Gasteiger charge is -2.27. The molecule has 258 valence electrons. The third-order valence-electron chi connectivity index (χ3n) is 11.5. The summed E-state index contributed by atoms with van der Waals surface area (Å²) in [6.45, 7) is 2.25. The standard InChI is InChI=1S/C53H36N2/c1-34-32-48(46-28-23-39-24-31-50(47-30-29-43(34)53(46)52(39)47)54-49-18-8-14-36-11-4-6-16-44(36)49)38-21-25-41(26-22-38)55(42-27-20-35-10-2-3-13-40(35)33-42)51-19-9-15-37-12-5-7-17-45(37)51/h2-33,54H,1H3. The summed E-state index contributed by atoms with van der Waals surface area (Å²) in [7, 11) is 0. The van der Waals surface area contributed by atoms with Crippen LogP contribution in [0.2, 0.25) is 0 Å². The predicted molar refractivity (Wildman–Crippen MR) is 237 cm³/mol. The van der Waals surface area contributed by atoms with Crippen LogP contribution in [0.3, 0.4) is 0 Å². The van der Waals surface area contributed by atoms with Crippen molar-refractivity contribution in [3.05, 3.63) is 200 Å². The van der Waals surface area contributed by atoms with Crippen molar-refractivity contribution < 1.29 is 0 Å². The van der Waals surface area contributed by atoms with Crippen LogP contribution < -0.4 is 10.2 Å². The van der Waals surface area contributed by atoms with Crippen LogP contribution in [0.15, 0.2) is 194 Å². The maximum atomic E-state index is 3.82. The van der Waals surface area contributed by atoms with Gasteiger partial charge >= 0.3 is 0 Å². The van der Waals surface area contributed by atoms with Gasteiger partial charge in [-0.25, -0.2) is 0 Å². The van der Waals surface area contributed by atoms with Crippen LogP contribution in [0.1, 0.15) is 5.56 Å². The quantitative estimate of drug-likeness (QED) is 0.174. The van der Waals surface area contributed by atoms with Gasteiger partial charge < -0.3 is 10.2 Å². The zero-order valence-corrected chi connectivity index (χ0v) is 30.4. The van der Waals surface area contributed by atoms with Crippen molar-refractivity contribution in [3.8, 4) is 11.1 Å². The number of fused-ring (bicyclic) bond motifs is 3. The van der Waals surface area contributed by atoms with Crippen molar-refractivity contribution in [2.45, 2.75) is 6.92 Å². The molecule has 0 heterocycles. The van der Waals surface area contributed by atoms with E-state index in [1.807, 2.05) is 0 Å². The fourth-order valence-corrected chi connectivity index (χ4v) is 8.84. The molecule has 0 saturated carbocycles. The number of hydrogen-bond acceptors (Lipinski definition) is 2. The van der Waals surface area contributed by atoms with Gasteiger partial charge in [0.15, 0.2) is 0 Å². The molecule has 0 aliphatic carbocycles. The van der Waals surface area contributed by atoms with Crippen LogP contribution in [-0.4, -0.2) is 0 Å². The highest BCUT2D eigenvalue weighted by atomic mass is 15.1. The Hall–Kier alpha value is -7.16. The van der Waals surface area contributed by atoms with E-state index in [9.17, 15) is 0 Å². The number of rotatable bonds is 6. The Morgan fingerprint density at radius 1 is 0.364 bits per heavy atom. The monoisotopic (exact) mass is 700 g/mol. The lowest BCUT2D eigenvalue weighted by molar-refractivity contribution is 1.30. The van der Waals surface area contributed by atoms with Crippen LogP contribution in [0.5, 0.6) is 0 Å². The number of nitrogens with zero attached hydrogens (tertiary/aromatic N) is 1. The summed E-state index contributed by atoms with van der Waals surface area (Å²) < 4.78 is 0. The Balaban J connectivity index is 1.05. The van der Waals surface area contributed by atoms with E-state index in [-0.39, 0.29) is 0 Å². The molecule has 2 heteroatoms. The summed E-state index contributed by atoms with van der Waals surface area (Å²) >= 11 is 0. The number of benzene rings is 11. The van der Waals surface area contributed by atoms with Gasteiger partial charge in [-0.1, -0.05) is 152 Å². The van der Waals surface area contributed by atoms with Gasteiger partial charge in [-0.05, 0) is 115 Å². The van der Waals surface area contributed by atoms with Crippen LogP contribution >= 0.6 is 0 Å². The summed E-state index contributed by atoms with van der Waals surface area (Å²) in [5, 5.41) is 18.9. The molecule has 1 N–H and O–H groups in total. The van der Waals surface area contributed by atoms with Gasteiger partial charge in [0, 0.05) is 38.9 Å². The molecule has 2 nitrogen and oxygen atoms in total. The highest BCUT2D eigenvalue weighted by molar-refractivity contribution is 6.28. The average molecular weight is 701 g/mol. The molecule has 0 amide bonds. The summed E-state index contributed by atoms with van der Waals surface area (Å²) in [6.07, 6.45) is 0. The first-order chi connectivity index (χ1) is 27.2. The van der Waals surface area contributed by atoms with E-state index in [4.69, 9.17) is 0 Å². The third-order valence-corrected chi connectivity index (χ3v) is 11.5. The molecule has 0 bridgehead atoms. The molecule has 11 rings (SSSR count). The fourth-order valence-electron chi connectivity index (χ4n) is 8.84. The van der Waals surface area contributed by atoms with E-state index in [1.165, 1.54) is 81.3 Å². The van der Waals surface area contributed by atoms with Gasteiger partial charge in [0.1, 0.15) is 0 Å². The molecule has 0 radical (unpaired) electrons. The Labute approximate surface area is 319 Å². The van der Waals surface area contributed by atoms with E-state index in [0.717, 1.165) is 28.4 Å². The average Bonchev–Trinajstić information content (AvgIpc) is 3.24. The van der Waals surface area contributed by atoms with Crippen molar-refractivity contribution in [2.24, 2.45) is 0 Å². The molecule has 0 spiro atoms. The first-order valence-electron chi connectivity index (χ1n) is 19.0. The van der Waals surface area contributed by atoms with E-state index in [0.29, 0.717) is 0 Å². The minimum absolute atomic E-state index is 1.12. The molecule has 0 saturated heterocycles. The van der Waals surface area contributed by atoms with Crippen LogP contribution in [0.25, 0.3) is 75.8 Å². The zero-order valence-electron chi connectivity index (χ0n) is 30.4. The van der Waals surface area contributed by atoms with Gasteiger partial charge in [-0.3, -0.25) is 0 Å². The van der Waals surface area contributed by atoms with Gasteiger partial charge in [-0.15, -0.1) is 0 Å². The second kappa shape index (κ2) is 12.5. The van der Waals surface area contributed by atoms with Crippen molar-refractivity contribution in [2.75, 3.05) is 10.2 Å². The summed E-state index contributed by atoms with van der Waals surface area (Å²) in [4.78, 5) is 2.40. The van der Waals surface area contributed by atoms with Gasteiger partial charge in [0.25, 0.3) is 0 Å². The molecule has 0 aliphatic rings. The third kappa shape index (κ3) is 5.10. The fraction of sp³-hybridized carbons (Fsp3) is 0.0189. The number of hydrogen-bond donors (Lipinski definition) is 1. The molecule has 0 unspecified atom stereocenters. The van der Waals surface area contributed by atoms with Gasteiger partial charge in [0.2, 0.25) is 0 Å². The highest BCUT2D eigenvalue weighted by Gasteiger charge is 2.19. The van der Waals surface area contributed by atoms with Crippen LogP contribution in [0.4, 0.5) is 28.4 Å². The minimum atomic E-state index is 1.12. The molecule has 0 aliphatic heterocycles. The molecule has 11 aromatic rings. The van der Waals surface area contributed by atoms with Crippen molar-refractivity contribution in [3.63, 3.8) is 0 Å². The highest BCUT2D eigenvalue weighted by Crippen LogP contribution is 2.45. The Morgan fingerprint density at radius 3 is 1.80 bits per heavy atom. The maximum Gasteiger partial charge on any atom is 0.0540 e.